The number of rotatable bonds is 6. The summed E-state index contributed by atoms with van der Waals surface area (Å²) in [5.74, 6) is 1.93. The molecule has 1 N–H and O–H groups in total. The van der Waals surface area contributed by atoms with Crippen molar-refractivity contribution in [2.75, 3.05) is 27.4 Å². The van der Waals surface area contributed by atoms with Crippen LogP contribution in [0.1, 0.15) is 11.1 Å². The second-order valence-corrected chi connectivity index (χ2v) is 6.65. The van der Waals surface area contributed by atoms with Gasteiger partial charge in [-0.3, -0.25) is 0 Å². The van der Waals surface area contributed by atoms with Gasteiger partial charge in [0.05, 0.1) is 33.5 Å². The van der Waals surface area contributed by atoms with Crippen LogP contribution in [0.2, 0.25) is 0 Å². The zero-order valence-corrected chi connectivity index (χ0v) is 14.9. The molecule has 0 aromatic heterocycles. The molecule has 134 valence electrons. The Hall–Kier alpha value is -2.04. The Balaban J connectivity index is 1.62. The Labute approximate surface area is 149 Å². The second kappa shape index (κ2) is 8.37. The third kappa shape index (κ3) is 4.53. The van der Waals surface area contributed by atoms with Gasteiger partial charge in [-0.2, -0.15) is 0 Å². The molecule has 4 nitrogen and oxygen atoms in total. The lowest BCUT2D eigenvalue weighted by atomic mass is 9.82. The van der Waals surface area contributed by atoms with E-state index in [1.807, 2.05) is 24.3 Å². The van der Waals surface area contributed by atoms with Gasteiger partial charge < -0.3 is 19.3 Å². The number of ether oxygens (including phenoxy) is 3. The highest BCUT2D eigenvalue weighted by molar-refractivity contribution is 5.28. The van der Waals surface area contributed by atoms with Gasteiger partial charge in [0.15, 0.2) is 0 Å². The lowest BCUT2D eigenvalue weighted by molar-refractivity contribution is -0.0789. The molecule has 2 aromatic rings. The van der Waals surface area contributed by atoms with Gasteiger partial charge in [-0.1, -0.05) is 24.3 Å². The fourth-order valence-corrected chi connectivity index (χ4v) is 3.44. The first-order valence-corrected chi connectivity index (χ1v) is 8.71. The molecule has 1 heterocycles. The van der Waals surface area contributed by atoms with Gasteiger partial charge in [-0.25, -0.2) is 0 Å². The Morgan fingerprint density at radius 2 is 1.20 bits per heavy atom. The van der Waals surface area contributed by atoms with Crippen molar-refractivity contribution in [3.8, 4) is 11.5 Å². The maximum Gasteiger partial charge on any atom is 0.118 e. The number of hydrogen-bond acceptors (Lipinski definition) is 4. The van der Waals surface area contributed by atoms with Crippen LogP contribution < -0.4 is 9.47 Å². The van der Waals surface area contributed by atoms with Crippen molar-refractivity contribution < 1.29 is 19.3 Å². The molecule has 0 spiro atoms. The first kappa shape index (κ1) is 17.8. The molecular weight excluding hydrogens is 316 g/mol. The van der Waals surface area contributed by atoms with Crippen molar-refractivity contribution in [2.24, 2.45) is 11.8 Å². The minimum atomic E-state index is -0.363. The molecule has 3 rings (SSSR count). The van der Waals surface area contributed by atoms with Crippen LogP contribution in [-0.2, 0) is 17.6 Å². The van der Waals surface area contributed by atoms with Gasteiger partial charge in [0.2, 0.25) is 0 Å². The molecule has 1 fully saturated rings. The van der Waals surface area contributed by atoms with Crippen LogP contribution in [0.5, 0.6) is 11.5 Å². The van der Waals surface area contributed by atoms with E-state index in [4.69, 9.17) is 14.2 Å². The van der Waals surface area contributed by atoms with E-state index in [1.165, 1.54) is 11.1 Å². The van der Waals surface area contributed by atoms with Crippen molar-refractivity contribution >= 4 is 0 Å². The van der Waals surface area contributed by atoms with Crippen LogP contribution >= 0.6 is 0 Å². The summed E-state index contributed by atoms with van der Waals surface area (Å²) in [6.07, 6.45) is 1.26. The highest BCUT2D eigenvalue weighted by Gasteiger charge is 2.32. The summed E-state index contributed by atoms with van der Waals surface area (Å²) in [6, 6.07) is 16.1. The average molecular weight is 342 g/mol. The molecule has 25 heavy (non-hydrogen) atoms. The standard InChI is InChI=1S/C21H26O4/c1-23-19-7-3-15(4-8-19)11-17-13-25-14-18(21(17)22)12-16-5-9-20(24-2)10-6-16/h3-10,17-18,21-22H,11-14H2,1-2H3/t17-,18-/m1/s1. The summed E-state index contributed by atoms with van der Waals surface area (Å²) in [5.41, 5.74) is 2.39. The second-order valence-electron chi connectivity index (χ2n) is 6.65. The normalized spacial score (nSPS) is 21.1. The zero-order valence-electron chi connectivity index (χ0n) is 14.9. The lowest BCUT2D eigenvalue weighted by Crippen LogP contribution is -2.42. The molecule has 0 aliphatic carbocycles. The smallest absolute Gasteiger partial charge is 0.118 e. The molecule has 4 heteroatoms. The summed E-state index contributed by atoms with van der Waals surface area (Å²) in [4.78, 5) is 0. The lowest BCUT2D eigenvalue weighted by Gasteiger charge is -2.35. The number of hydrogen-bond donors (Lipinski definition) is 1. The number of aliphatic hydroxyl groups is 1. The Bertz CT molecular complexity index is 593. The van der Waals surface area contributed by atoms with Gasteiger partial charge >= 0.3 is 0 Å². The van der Waals surface area contributed by atoms with Gasteiger partial charge in [0, 0.05) is 11.8 Å². The Morgan fingerprint density at radius 1 is 0.800 bits per heavy atom. The van der Waals surface area contributed by atoms with E-state index < -0.39 is 0 Å². The molecule has 0 bridgehead atoms. The van der Waals surface area contributed by atoms with Crippen LogP contribution in [0.25, 0.3) is 0 Å². The number of aliphatic hydroxyl groups excluding tert-OH is 1. The van der Waals surface area contributed by atoms with Crippen LogP contribution in [0.3, 0.4) is 0 Å². The summed E-state index contributed by atoms with van der Waals surface area (Å²) in [6.45, 7) is 1.21. The minimum Gasteiger partial charge on any atom is -0.497 e. The van der Waals surface area contributed by atoms with Crippen LogP contribution in [0.15, 0.2) is 48.5 Å². The third-order valence-corrected chi connectivity index (χ3v) is 4.94. The maximum absolute atomic E-state index is 10.8. The first-order valence-electron chi connectivity index (χ1n) is 8.71. The van der Waals surface area contributed by atoms with E-state index in [0.717, 1.165) is 24.3 Å². The molecule has 0 unspecified atom stereocenters. The SMILES string of the molecule is COc1ccc(C[C@@H]2COC[C@@H](Cc3ccc(OC)cc3)C2O)cc1. The summed E-state index contributed by atoms with van der Waals surface area (Å²) < 4.78 is 16.2. The molecule has 2 atom stereocenters. The van der Waals surface area contributed by atoms with Crippen molar-refractivity contribution in [3.05, 3.63) is 59.7 Å². The van der Waals surface area contributed by atoms with E-state index in [1.54, 1.807) is 14.2 Å². The van der Waals surface area contributed by atoms with Gasteiger partial charge in [0.1, 0.15) is 11.5 Å². The van der Waals surface area contributed by atoms with Crippen LogP contribution in [0, 0.1) is 11.8 Å². The third-order valence-electron chi connectivity index (χ3n) is 4.94. The van der Waals surface area contributed by atoms with Gasteiger partial charge in [-0.05, 0) is 48.2 Å². The van der Waals surface area contributed by atoms with E-state index in [0.29, 0.717) is 13.2 Å². The molecule has 0 radical (unpaired) electrons. The van der Waals surface area contributed by atoms with E-state index in [-0.39, 0.29) is 17.9 Å². The predicted octanol–water partition coefficient (Wildman–Crippen LogP) is 3.11. The topological polar surface area (TPSA) is 47.9 Å². The fourth-order valence-electron chi connectivity index (χ4n) is 3.44. The fraction of sp³-hybridized carbons (Fsp3) is 0.429. The van der Waals surface area contributed by atoms with Crippen LogP contribution in [0.4, 0.5) is 0 Å². The Kier molecular flexibility index (Phi) is 5.95. The summed E-state index contributed by atoms with van der Waals surface area (Å²) >= 11 is 0. The zero-order chi connectivity index (χ0) is 17.6. The first-order chi connectivity index (χ1) is 12.2. The number of methoxy groups -OCH3 is 2. The summed E-state index contributed by atoms with van der Waals surface area (Å²) in [5, 5.41) is 10.8. The molecule has 2 aromatic carbocycles. The quantitative estimate of drug-likeness (QED) is 0.876. The largest absolute Gasteiger partial charge is 0.497 e. The van der Waals surface area contributed by atoms with Crippen molar-refractivity contribution in [1.82, 2.24) is 0 Å². The molecule has 0 saturated carbocycles. The van der Waals surface area contributed by atoms with Gasteiger partial charge in [-0.15, -0.1) is 0 Å². The average Bonchev–Trinajstić information content (AvgIpc) is 2.66. The molecule has 1 aliphatic rings. The number of benzene rings is 2. The monoisotopic (exact) mass is 342 g/mol. The summed E-state index contributed by atoms with van der Waals surface area (Å²) in [7, 11) is 3.33. The molecule has 1 aliphatic heterocycles. The highest BCUT2D eigenvalue weighted by atomic mass is 16.5. The van der Waals surface area contributed by atoms with E-state index in [9.17, 15) is 5.11 Å². The van der Waals surface area contributed by atoms with E-state index >= 15 is 0 Å². The predicted molar refractivity (Wildman–Crippen MR) is 97.2 cm³/mol. The van der Waals surface area contributed by atoms with Crippen LogP contribution in [-0.4, -0.2) is 38.6 Å². The van der Waals surface area contributed by atoms with Gasteiger partial charge in [0.25, 0.3) is 0 Å². The minimum absolute atomic E-state index is 0.116. The van der Waals surface area contributed by atoms with Crippen molar-refractivity contribution in [1.29, 1.82) is 0 Å². The molecule has 0 amide bonds. The Morgan fingerprint density at radius 3 is 1.56 bits per heavy atom. The molecular formula is C21H26O4. The van der Waals surface area contributed by atoms with Crippen molar-refractivity contribution in [2.45, 2.75) is 18.9 Å². The van der Waals surface area contributed by atoms with Crippen molar-refractivity contribution in [3.63, 3.8) is 0 Å². The maximum atomic E-state index is 10.8. The van der Waals surface area contributed by atoms with E-state index in [2.05, 4.69) is 24.3 Å². The highest BCUT2D eigenvalue weighted by Crippen LogP contribution is 2.27. The molecule has 1 saturated heterocycles.